The van der Waals surface area contributed by atoms with Gasteiger partial charge in [-0.3, -0.25) is 9.59 Å². The second-order valence-corrected chi connectivity index (χ2v) is 2.45. The molecule has 0 unspecified atom stereocenters. The van der Waals surface area contributed by atoms with Crippen LogP contribution in [0.4, 0.5) is 0 Å². The number of hydrogen-bond donors (Lipinski definition) is 1. The topological polar surface area (TPSA) is 46.2 Å². The lowest BCUT2D eigenvalue weighted by Crippen LogP contribution is -2.23. The lowest BCUT2D eigenvalue weighted by atomic mass is 10.2. The highest BCUT2D eigenvalue weighted by atomic mass is 16.1. The molecule has 0 aliphatic heterocycles. The summed E-state index contributed by atoms with van der Waals surface area (Å²) in [6.45, 7) is 8.76. The fourth-order valence-electron chi connectivity index (χ4n) is 0.585. The van der Waals surface area contributed by atoms with Crippen molar-refractivity contribution in [3.05, 3.63) is 24.8 Å². The molecule has 66 valence electrons. The largest absolute Gasteiger partial charge is 0.352 e. The van der Waals surface area contributed by atoms with E-state index in [1.165, 1.54) is 6.08 Å². The molecule has 0 aromatic heterocycles. The zero-order valence-electron chi connectivity index (χ0n) is 7.22. The summed E-state index contributed by atoms with van der Waals surface area (Å²) in [5, 5.41) is 2.50. The molecule has 1 N–H and O–H groups in total. The summed E-state index contributed by atoms with van der Waals surface area (Å²) in [6, 6.07) is 0. The summed E-state index contributed by atoms with van der Waals surface area (Å²) in [5.74, 6) is -0.288. The summed E-state index contributed by atoms with van der Waals surface area (Å²) < 4.78 is 0. The van der Waals surface area contributed by atoms with Gasteiger partial charge in [-0.1, -0.05) is 13.2 Å². The number of rotatable bonds is 5. The van der Waals surface area contributed by atoms with Crippen molar-refractivity contribution in [2.75, 3.05) is 6.54 Å². The van der Waals surface area contributed by atoms with Gasteiger partial charge in [0.2, 0.25) is 5.91 Å². The first-order valence-electron chi connectivity index (χ1n) is 3.67. The van der Waals surface area contributed by atoms with Gasteiger partial charge < -0.3 is 5.32 Å². The number of carbonyl (C=O) groups is 2. The molecule has 12 heavy (non-hydrogen) atoms. The SMILES string of the molecule is C=CC(=O)NCCC(=O)C(=C)C. The zero-order valence-corrected chi connectivity index (χ0v) is 7.22. The quantitative estimate of drug-likeness (QED) is 0.616. The molecule has 0 aromatic rings. The van der Waals surface area contributed by atoms with E-state index in [9.17, 15) is 9.59 Å². The Hall–Kier alpha value is -1.38. The zero-order chi connectivity index (χ0) is 9.56. The first-order valence-corrected chi connectivity index (χ1v) is 3.67. The average molecular weight is 167 g/mol. The minimum atomic E-state index is -0.260. The van der Waals surface area contributed by atoms with Gasteiger partial charge in [-0.2, -0.15) is 0 Å². The van der Waals surface area contributed by atoms with Gasteiger partial charge in [0.05, 0.1) is 0 Å². The molecular weight excluding hydrogens is 154 g/mol. The summed E-state index contributed by atoms with van der Waals surface area (Å²) in [6.07, 6.45) is 1.47. The molecule has 0 aliphatic rings. The highest BCUT2D eigenvalue weighted by molar-refractivity contribution is 5.94. The Morgan fingerprint density at radius 2 is 2.08 bits per heavy atom. The van der Waals surface area contributed by atoms with Crippen molar-refractivity contribution in [2.45, 2.75) is 13.3 Å². The van der Waals surface area contributed by atoms with Gasteiger partial charge in [-0.25, -0.2) is 0 Å². The third-order valence-electron chi connectivity index (χ3n) is 1.31. The van der Waals surface area contributed by atoms with E-state index in [4.69, 9.17) is 0 Å². The molecule has 0 aromatic carbocycles. The van der Waals surface area contributed by atoms with Crippen molar-refractivity contribution in [3.63, 3.8) is 0 Å². The van der Waals surface area contributed by atoms with Crippen molar-refractivity contribution < 1.29 is 9.59 Å². The molecule has 0 rings (SSSR count). The minimum Gasteiger partial charge on any atom is -0.352 e. The predicted molar refractivity (Wildman–Crippen MR) is 47.6 cm³/mol. The fraction of sp³-hybridized carbons (Fsp3) is 0.333. The van der Waals surface area contributed by atoms with Crippen LogP contribution < -0.4 is 5.32 Å². The highest BCUT2D eigenvalue weighted by Crippen LogP contribution is 1.93. The number of hydrogen-bond acceptors (Lipinski definition) is 2. The van der Waals surface area contributed by atoms with Crippen LogP contribution in [-0.2, 0) is 9.59 Å². The van der Waals surface area contributed by atoms with Crippen LogP contribution in [0.5, 0.6) is 0 Å². The van der Waals surface area contributed by atoms with Gasteiger partial charge in [0.15, 0.2) is 5.78 Å². The molecule has 0 atom stereocenters. The van der Waals surface area contributed by atoms with Crippen molar-refractivity contribution >= 4 is 11.7 Å². The van der Waals surface area contributed by atoms with Gasteiger partial charge in [-0.15, -0.1) is 0 Å². The highest BCUT2D eigenvalue weighted by Gasteiger charge is 2.01. The molecule has 0 radical (unpaired) electrons. The number of ketones is 1. The normalized spacial score (nSPS) is 8.75. The van der Waals surface area contributed by atoms with E-state index < -0.39 is 0 Å². The van der Waals surface area contributed by atoms with E-state index in [1.807, 2.05) is 0 Å². The van der Waals surface area contributed by atoms with E-state index in [0.29, 0.717) is 18.5 Å². The van der Waals surface area contributed by atoms with Crippen LogP contribution in [0, 0.1) is 0 Å². The third kappa shape index (κ3) is 4.44. The van der Waals surface area contributed by atoms with E-state index in [-0.39, 0.29) is 11.7 Å². The molecule has 0 fully saturated rings. The van der Waals surface area contributed by atoms with Crippen LogP contribution in [0.1, 0.15) is 13.3 Å². The molecule has 0 heterocycles. The van der Waals surface area contributed by atoms with E-state index >= 15 is 0 Å². The summed E-state index contributed by atoms with van der Waals surface area (Å²) in [7, 11) is 0. The van der Waals surface area contributed by atoms with Crippen molar-refractivity contribution in [2.24, 2.45) is 0 Å². The predicted octanol–water partition coefficient (Wildman–Crippen LogP) is 0.824. The molecular formula is C9H13NO2. The van der Waals surface area contributed by atoms with E-state index in [1.54, 1.807) is 6.92 Å². The lowest BCUT2D eigenvalue weighted by molar-refractivity contribution is -0.117. The smallest absolute Gasteiger partial charge is 0.243 e. The van der Waals surface area contributed by atoms with Gasteiger partial charge in [0.1, 0.15) is 0 Å². The van der Waals surface area contributed by atoms with Crippen LogP contribution in [0.2, 0.25) is 0 Å². The summed E-state index contributed by atoms with van der Waals surface area (Å²) >= 11 is 0. The monoisotopic (exact) mass is 167 g/mol. The van der Waals surface area contributed by atoms with Crippen LogP contribution >= 0.6 is 0 Å². The fourth-order valence-corrected chi connectivity index (χ4v) is 0.585. The van der Waals surface area contributed by atoms with Crippen molar-refractivity contribution in [1.29, 1.82) is 0 Å². The third-order valence-corrected chi connectivity index (χ3v) is 1.31. The van der Waals surface area contributed by atoms with Crippen molar-refractivity contribution in [1.82, 2.24) is 5.32 Å². The van der Waals surface area contributed by atoms with Gasteiger partial charge in [0.25, 0.3) is 0 Å². The maximum absolute atomic E-state index is 10.9. The van der Waals surface area contributed by atoms with Crippen molar-refractivity contribution in [3.8, 4) is 0 Å². The second kappa shape index (κ2) is 5.29. The molecule has 0 saturated carbocycles. The standard InChI is InChI=1S/C9H13NO2/c1-4-9(12)10-6-5-8(11)7(2)3/h4H,1-2,5-6H2,3H3,(H,10,12). The van der Waals surface area contributed by atoms with Gasteiger partial charge in [-0.05, 0) is 18.6 Å². The summed E-state index contributed by atoms with van der Waals surface area (Å²) in [4.78, 5) is 21.5. The number of carbonyl (C=O) groups excluding carboxylic acids is 2. The lowest BCUT2D eigenvalue weighted by Gasteiger charge is -2.00. The van der Waals surface area contributed by atoms with Crippen LogP contribution in [0.25, 0.3) is 0 Å². The number of amides is 1. The van der Waals surface area contributed by atoms with Gasteiger partial charge >= 0.3 is 0 Å². The van der Waals surface area contributed by atoms with E-state index in [2.05, 4.69) is 18.5 Å². The Labute approximate surface area is 72.2 Å². The molecule has 1 amide bonds. The second-order valence-electron chi connectivity index (χ2n) is 2.45. The number of nitrogens with one attached hydrogen (secondary N) is 1. The average Bonchev–Trinajstić information content (AvgIpc) is 2.03. The Bertz CT molecular complexity index is 219. The number of Topliss-reactive ketones (excluding diaryl/α,β-unsaturated/α-hetero) is 1. The minimum absolute atomic E-state index is 0.0284. The first kappa shape index (κ1) is 10.6. The first-order chi connectivity index (χ1) is 5.57. The molecule has 3 nitrogen and oxygen atoms in total. The summed E-state index contributed by atoms with van der Waals surface area (Å²) in [5.41, 5.74) is 0.517. The molecule has 3 heteroatoms. The Morgan fingerprint density at radius 3 is 2.50 bits per heavy atom. The molecule has 0 spiro atoms. The van der Waals surface area contributed by atoms with Crippen LogP contribution in [-0.4, -0.2) is 18.2 Å². The Balaban J connectivity index is 3.57. The molecule has 0 saturated heterocycles. The molecule has 0 bridgehead atoms. The maximum Gasteiger partial charge on any atom is 0.243 e. The maximum atomic E-state index is 10.9. The van der Waals surface area contributed by atoms with E-state index in [0.717, 1.165) is 0 Å². The molecule has 0 aliphatic carbocycles. The Kier molecular flexibility index (Phi) is 4.69. The van der Waals surface area contributed by atoms with Gasteiger partial charge in [0, 0.05) is 13.0 Å². The van der Waals surface area contributed by atoms with Crippen LogP contribution in [0.3, 0.4) is 0 Å². The Morgan fingerprint density at radius 1 is 1.50 bits per heavy atom. The van der Waals surface area contributed by atoms with Crippen LogP contribution in [0.15, 0.2) is 24.8 Å². The number of allylic oxidation sites excluding steroid dienone is 1.